The zero-order valence-electron chi connectivity index (χ0n) is 13.9. The van der Waals surface area contributed by atoms with Crippen LogP contribution in [-0.2, 0) is 16.0 Å². The topological polar surface area (TPSA) is 75.6 Å². The SMILES string of the molecule is Cc1ccc(CCC(=O)NCC(Oc2ccc(F)cc2)C(=O)O)cc1. The lowest BCUT2D eigenvalue weighted by molar-refractivity contribution is -0.145. The summed E-state index contributed by atoms with van der Waals surface area (Å²) in [6.07, 6.45) is -0.414. The monoisotopic (exact) mass is 345 g/mol. The minimum absolute atomic E-state index is 0.167. The van der Waals surface area contributed by atoms with Crippen LogP contribution in [0.4, 0.5) is 4.39 Å². The second kappa shape index (κ2) is 8.82. The molecule has 2 aromatic carbocycles. The number of amides is 1. The Kier molecular flexibility index (Phi) is 6.51. The molecule has 5 nitrogen and oxygen atoms in total. The van der Waals surface area contributed by atoms with Crippen molar-refractivity contribution >= 4 is 11.9 Å². The van der Waals surface area contributed by atoms with Gasteiger partial charge in [0, 0.05) is 6.42 Å². The number of aryl methyl sites for hydroxylation is 2. The third kappa shape index (κ3) is 6.25. The van der Waals surface area contributed by atoms with Crippen molar-refractivity contribution in [3.63, 3.8) is 0 Å². The molecule has 1 amide bonds. The third-order valence-electron chi connectivity index (χ3n) is 3.61. The van der Waals surface area contributed by atoms with Crippen molar-refractivity contribution in [1.82, 2.24) is 5.32 Å². The lowest BCUT2D eigenvalue weighted by Gasteiger charge is -2.16. The lowest BCUT2D eigenvalue weighted by atomic mass is 10.1. The molecule has 0 bridgehead atoms. The molecule has 2 N–H and O–H groups in total. The maximum Gasteiger partial charge on any atom is 0.346 e. The largest absolute Gasteiger partial charge is 0.478 e. The van der Waals surface area contributed by atoms with E-state index in [2.05, 4.69) is 5.32 Å². The van der Waals surface area contributed by atoms with Gasteiger partial charge in [0.2, 0.25) is 12.0 Å². The number of carbonyl (C=O) groups excluding carboxylic acids is 1. The number of rotatable bonds is 8. The van der Waals surface area contributed by atoms with E-state index in [9.17, 15) is 19.1 Å². The molecule has 1 unspecified atom stereocenters. The second-order valence-corrected chi connectivity index (χ2v) is 5.69. The smallest absolute Gasteiger partial charge is 0.346 e. The van der Waals surface area contributed by atoms with Crippen LogP contribution in [0.2, 0.25) is 0 Å². The van der Waals surface area contributed by atoms with Crippen LogP contribution in [0.1, 0.15) is 17.5 Å². The summed E-state index contributed by atoms with van der Waals surface area (Å²) in [6, 6.07) is 12.9. The number of hydrogen-bond acceptors (Lipinski definition) is 3. The van der Waals surface area contributed by atoms with Crippen LogP contribution in [0.25, 0.3) is 0 Å². The molecule has 2 rings (SSSR count). The Morgan fingerprint density at radius 2 is 1.76 bits per heavy atom. The van der Waals surface area contributed by atoms with E-state index in [1.54, 1.807) is 0 Å². The molecule has 0 aromatic heterocycles. The van der Waals surface area contributed by atoms with Gasteiger partial charge in [0.1, 0.15) is 11.6 Å². The van der Waals surface area contributed by atoms with Crippen LogP contribution in [0.5, 0.6) is 5.75 Å². The van der Waals surface area contributed by atoms with E-state index in [1.165, 1.54) is 24.3 Å². The summed E-state index contributed by atoms with van der Waals surface area (Å²) in [5, 5.41) is 11.7. The van der Waals surface area contributed by atoms with Crippen molar-refractivity contribution in [1.29, 1.82) is 0 Å². The molecule has 132 valence electrons. The molecular weight excluding hydrogens is 325 g/mol. The minimum atomic E-state index is -1.24. The first-order valence-corrected chi connectivity index (χ1v) is 7.91. The Hall–Kier alpha value is -2.89. The van der Waals surface area contributed by atoms with E-state index in [-0.39, 0.29) is 24.6 Å². The van der Waals surface area contributed by atoms with Crippen molar-refractivity contribution < 1.29 is 23.8 Å². The first kappa shape index (κ1) is 18.4. The molecule has 0 radical (unpaired) electrons. The zero-order chi connectivity index (χ0) is 18.2. The third-order valence-corrected chi connectivity index (χ3v) is 3.61. The van der Waals surface area contributed by atoms with E-state index in [0.29, 0.717) is 6.42 Å². The Balaban J connectivity index is 1.81. The number of carbonyl (C=O) groups is 2. The summed E-state index contributed by atoms with van der Waals surface area (Å²) >= 11 is 0. The van der Waals surface area contributed by atoms with Gasteiger partial charge in [-0.05, 0) is 43.2 Å². The molecule has 25 heavy (non-hydrogen) atoms. The van der Waals surface area contributed by atoms with Gasteiger partial charge in [-0.2, -0.15) is 0 Å². The molecule has 0 aliphatic carbocycles. The van der Waals surface area contributed by atoms with Crippen molar-refractivity contribution in [3.8, 4) is 5.75 Å². The fourth-order valence-electron chi connectivity index (χ4n) is 2.16. The highest BCUT2D eigenvalue weighted by atomic mass is 19.1. The maximum atomic E-state index is 12.9. The van der Waals surface area contributed by atoms with Crippen LogP contribution in [-0.4, -0.2) is 29.6 Å². The summed E-state index contributed by atoms with van der Waals surface area (Å²) in [6.45, 7) is 1.82. The molecule has 1 atom stereocenters. The lowest BCUT2D eigenvalue weighted by Crippen LogP contribution is -2.40. The molecule has 0 fully saturated rings. The molecule has 0 heterocycles. The van der Waals surface area contributed by atoms with E-state index in [1.807, 2.05) is 31.2 Å². The van der Waals surface area contributed by atoms with Crippen LogP contribution in [0, 0.1) is 12.7 Å². The van der Waals surface area contributed by atoms with Gasteiger partial charge < -0.3 is 15.2 Å². The number of halogens is 1. The highest BCUT2D eigenvalue weighted by Crippen LogP contribution is 2.13. The van der Waals surface area contributed by atoms with E-state index < -0.39 is 17.9 Å². The highest BCUT2D eigenvalue weighted by molar-refractivity contribution is 5.78. The first-order valence-electron chi connectivity index (χ1n) is 7.91. The molecule has 6 heteroatoms. The molecule has 0 spiro atoms. The normalized spacial score (nSPS) is 11.6. The number of aliphatic carboxylic acids is 1. The van der Waals surface area contributed by atoms with Gasteiger partial charge in [-0.15, -0.1) is 0 Å². The van der Waals surface area contributed by atoms with E-state index in [0.717, 1.165) is 11.1 Å². The van der Waals surface area contributed by atoms with Crippen molar-refractivity contribution in [3.05, 3.63) is 65.5 Å². The Morgan fingerprint density at radius 3 is 2.36 bits per heavy atom. The van der Waals surface area contributed by atoms with Crippen LogP contribution < -0.4 is 10.1 Å². The molecular formula is C19H20FNO4. The molecule has 2 aromatic rings. The predicted molar refractivity (Wildman–Crippen MR) is 91.0 cm³/mol. The van der Waals surface area contributed by atoms with Crippen molar-refractivity contribution in [2.75, 3.05) is 6.54 Å². The predicted octanol–water partition coefficient (Wildman–Crippen LogP) is 2.72. The molecule has 0 aliphatic rings. The zero-order valence-corrected chi connectivity index (χ0v) is 13.9. The number of carboxylic acids is 1. The number of ether oxygens (including phenoxy) is 1. The Morgan fingerprint density at radius 1 is 1.12 bits per heavy atom. The van der Waals surface area contributed by atoms with Gasteiger partial charge in [-0.3, -0.25) is 4.79 Å². The van der Waals surface area contributed by atoms with Gasteiger partial charge in [0.05, 0.1) is 6.54 Å². The molecule has 0 saturated heterocycles. The molecule has 0 saturated carbocycles. The van der Waals surface area contributed by atoms with Crippen molar-refractivity contribution in [2.45, 2.75) is 25.9 Å². The number of carboxylic acid groups (broad SMARTS) is 1. The minimum Gasteiger partial charge on any atom is -0.478 e. The first-order chi connectivity index (χ1) is 11.9. The van der Waals surface area contributed by atoms with E-state index >= 15 is 0 Å². The van der Waals surface area contributed by atoms with Crippen LogP contribution in [0.3, 0.4) is 0 Å². The summed E-state index contributed by atoms with van der Waals surface area (Å²) in [4.78, 5) is 23.1. The van der Waals surface area contributed by atoms with Gasteiger partial charge in [-0.1, -0.05) is 29.8 Å². The number of nitrogens with one attached hydrogen (secondary N) is 1. The number of hydrogen-bond donors (Lipinski definition) is 2. The molecule has 0 aliphatic heterocycles. The van der Waals surface area contributed by atoms with Gasteiger partial charge in [0.15, 0.2) is 0 Å². The summed E-state index contributed by atoms with van der Waals surface area (Å²) in [7, 11) is 0. The van der Waals surface area contributed by atoms with Crippen LogP contribution >= 0.6 is 0 Å². The van der Waals surface area contributed by atoms with Gasteiger partial charge >= 0.3 is 5.97 Å². The summed E-state index contributed by atoms with van der Waals surface area (Å²) in [5.74, 6) is -1.68. The number of benzene rings is 2. The summed E-state index contributed by atoms with van der Waals surface area (Å²) in [5.41, 5.74) is 2.19. The standard InChI is InChI=1S/C19H20FNO4/c1-13-2-4-14(5-3-13)6-11-18(22)21-12-17(19(23)24)25-16-9-7-15(20)8-10-16/h2-5,7-10,17H,6,11-12H2,1H3,(H,21,22)(H,23,24). The quantitative estimate of drug-likeness (QED) is 0.771. The van der Waals surface area contributed by atoms with Crippen LogP contribution in [0.15, 0.2) is 48.5 Å². The van der Waals surface area contributed by atoms with Gasteiger partial charge in [0.25, 0.3) is 0 Å². The van der Waals surface area contributed by atoms with Crippen molar-refractivity contribution in [2.24, 2.45) is 0 Å². The van der Waals surface area contributed by atoms with Gasteiger partial charge in [-0.25, -0.2) is 9.18 Å². The maximum absolute atomic E-state index is 12.9. The summed E-state index contributed by atoms with van der Waals surface area (Å²) < 4.78 is 18.1. The Labute approximate surface area is 145 Å². The average molecular weight is 345 g/mol. The second-order valence-electron chi connectivity index (χ2n) is 5.69. The van der Waals surface area contributed by atoms with E-state index in [4.69, 9.17) is 4.74 Å². The average Bonchev–Trinajstić information content (AvgIpc) is 2.59. The Bertz CT molecular complexity index is 713. The fraction of sp³-hybridized carbons (Fsp3) is 0.263. The highest BCUT2D eigenvalue weighted by Gasteiger charge is 2.20. The fourth-order valence-corrected chi connectivity index (χ4v) is 2.16.